The second-order valence-electron chi connectivity index (χ2n) is 6.59. The summed E-state index contributed by atoms with van der Waals surface area (Å²) < 4.78 is 11.2. The largest absolute Gasteiger partial charge is 0.377 e. The van der Waals surface area contributed by atoms with Crippen molar-refractivity contribution < 1.29 is 14.3 Å². The van der Waals surface area contributed by atoms with Crippen molar-refractivity contribution in [3.05, 3.63) is 30.3 Å². The van der Waals surface area contributed by atoms with Gasteiger partial charge in [-0.2, -0.15) is 0 Å². The van der Waals surface area contributed by atoms with Crippen LogP contribution in [0.15, 0.2) is 35.3 Å². The summed E-state index contributed by atoms with van der Waals surface area (Å²) in [4.78, 5) is 18.3. The zero-order valence-corrected chi connectivity index (χ0v) is 15.3. The van der Waals surface area contributed by atoms with E-state index in [9.17, 15) is 4.79 Å². The molecule has 2 N–H and O–H groups in total. The third-order valence-corrected chi connectivity index (χ3v) is 4.62. The molecule has 0 saturated carbocycles. The normalized spacial score (nSPS) is 23.5. The van der Waals surface area contributed by atoms with Crippen LogP contribution in [-0.2, 0) is 14.3 Å². The first kappa shape index (κ1) is 18.7. The lowest BCUT2D eigenvalue weighted by molar-refractivity contribution is -0.117. The van der Waals surface area contributed by atoms with Crippen LogP contribution in [0.4, 0.5) is 5.69 Å². The molecule has 0 spiro atoms. The number of hydrogen-bond donors (Lipinski definition) is 2. The molecule has 0 radical (unpaired) electrons. The van der Waals surface area contributed by atoms with Crippen molar-refractivity contribution in [2.75, 3.05) is 44.9 Å². The summed E-state index contributed by atoms with van der Waals surface area (Å²) in [5, 5.41) is 6.56. The second-order valence-corrected chi connectivity index (χ2v) is 6.59. The molecule has 0 bridgehead atoms. The third kappa shape index (κ3) is 5.19. The Morgan fingerprint density at radius 3 is 2.96 bits per heavy atom. The lowest BCUT2D eigenvalue weighted by Gasteiger charge is -2.19. The first-order valence-electron chi connectivity index (χ1n) is 9.28. The third-order valence-electron chi connectivity index (χ3n) is 4.62. The Balaban J connectivity index is 1.37. The molecule has 0 aliphatic carbocycles. The highest BCUT2D eigenvalue weighted by atomic mass is 16.5. The number of ether oxygens (including phenoxy) is 2. The molecule has 7 heteroatoms. The van der Waals surface area contributed by atoms with Gasteiger partial charge in [0.25, 0.3) is 0 Å². The predicted octanol–water partition coefficient (Wildman–Crippen LogP) is 1.15. The van der Waals surface area contributed by atoms with E-state index in [4.69, 9.17) is 9.47 Å². The van der Waals surface area contributed by atoms with E-state index in [0.29, 0.717) is 38.7 Å². The number of rotatable bonds is 7. The predicted molar refractivity (Wildman–Crippen MR) is 101 cm³/mol. The number of carbonyl (C=O) groups is 1. The maximum atomic E-state index is 12.3. The number of aliphatic imine (C=N–C) groups is 1. The SMILES string of the molecule is CN=C(NCCOCC1CCCO1)NC1CC(=O)N(c2ccccc2)C1. The molecule has 2 atom stereocenters. The van der Waals surface area contributed by atoms with Crippen molar-refractivity contribution in [1.29, 1.82) is 0 Å². The topological polar surface area (TPSA) is 75.2 Å². The van der Waals surface area contributed by atoms with Crippen LogP contribution in [0, 0.1) is 0 Å². The molecule has 2 aliphatic rings. The Bertz CT molecular complexity index is 602. The summed E-state index contributed by atoms with van der Waals surface area (Å²) in [6.07, 6.45) is 2.93. The molecule has 2 unspecified atom stereocenters. The van der Waals surface area contributed by atoms with E-state index in [2.05, 4.69) is 15.6 Å². The van der Waals surface area contributed by atoms with Crippen LogP contribution in [0.25, 0.3) is 0 Å². The quantitative estimate of drug-likeness (QED) is 0.433. The van der Waals surface area contributed by atoms with Crippen molar-refractivity contribution in [1.82, 2.24) is 10.6 Å². The maximum Gasteiger partial charge on any atom is 0.229 e. The number of hydrogen-bond acceptors (Lipinski definition) is 4. The minimum atomic E-state index is 0.0433. The van der Waals surface area contributed by atoms with Gasteiger partial charge in [-0.25, -0.2) is 0 Å². The number of benzene rings is 1. The number of carbonyl (C=O) groups excluding carboxylic acids is 1. The zero-order valence-electron chi connectivity index (χ0n) is 15.3. The molecule has 142 valence electrons. The smallest absolute Gasteiger partial charge is 0.229 e. The van der Waals surface area contributed by atoms with Gasteiger partial charge in [-0.05, 0) is 25.0 Å². The standard InChI is InChI=1S/C19H28N4O3/c1-20-19(21-9-11-25-14-17-8-5-10-26-17)22-15-12-18(24)23(13-15)16-6-3-2-4-7-16/h2-4,6-7,15,17H,5,8-14H2,1H3,(H2,20,21,22). The zero-order chi connectivity index (χ0) is 18.2. The van der Waals surface area contributed by atoms with E-state index in [1.165, 1.54) is 0 Å². The summed E-state index contributed by atoms with van der Waals surface area (Å²) in [6, 6.07) is 9.80. The van der Waals surface area contributed by atoms with Crippen molar-refractivity contribution in [2.45, 2.75) is 31.4 Å². The van der Waals surface area contributed by atoms with Crippen LogP contribution in [0.1, 0.15) is 19.3 Å². The summed E-state index contributed by atoms with van der Waals surface area (Å²) in [5.41, 5.74) is 0.937. The van der Waals surface area contributed by atoms with E-state index in [-0.39, 0.29) is 18.1 Å². The lowest BCUT2D eigenvalue weighted by Crippen LogP contribution is -2.45. The number of anilines is 1. The van der Waals surface area contributed by atoms with Gasteiger partial charge in [0.15, 0.2) is 5.96 Å². The van der Waals surface area contributed by atoms with E-state index >= 15 is 0 Å². The Hall–Kier alpha value is -2.12. The van der Waals surface area contributed by atoms with E-state index in [0.717, 1.165) is 25.1 Å². The number of nitrogens with one attached hydrogen (secondary N) is 2. The van der Waals surface area contributed by atoms with Crippen LogP contribution in [0.2, 0.25) is 0 Å². The highest BCUT2D eigenvalue weighted by molar-refractivity contribution is 5.97. The van der Waals surface area contributed by atoms with Crippen LogP contribution < -0.4 is 15.5 Å². The molecule has 1 amide bonds. The second kappa shape index (κ2) is 9.54. The average molecular weight is 360 g/mol. The number of amides is 1. The number of nitrogens with zero attached hydrogens (tertiary/aromatic N) is 2. The van der Waals surface area contributed by atoms with Gasteiger partial charge in [0.2, 0.25) is 5.91 Å². The van der Waals surface area contributed by atoms with Gasteiger partial charge in [0, 0.05) is 38.9 Å². The van der Waals surface area contributed by atoms with Crippen molar-refractivity contribution in [3.63, 3.8) is 0 Å². The molecule has 0 aromatic heterocycles. The minimum Gasteiger partial charge on any atom is -0.377 e. The van der Waals surface area contributed by atoms with Gasteiger partial charge in [-0.3, -0.25) is 9.79 Å². The summed E-state index contributed by atoms with van der Waals surface area (Å²) in [6.45, 7) is 3.40. The fraction of sp³-hybridized carbons (Fsp3) is 0.579. The molecule has 1 aromatic rings. The lowest BCUT2D eigenvalue weighted by atomic mass is 10.2. The molecule has 26 heavy (non-hydrogen) atoms. The molecule has 2 saturated heterocycles. The average Bonchev–Trinajstić information content (AvgIpc) is 3.30. The summed E-state index contributed by atoms with van der Waals surface area (Å²) in [5.74, 6) is 0.822. The Labute approximate surface area is 154 Å². The molecule has 2 fully saturated rings. The molecular formula is C19H28N4O3. The van der Waals surface area contributed by atoms with Crippen molar-refractivity contribution in [3.8, 4) is 0 Å². The molecule has 3 rings (SSSR count). The van der Waals surface area contributed by atoms with Crippen molar-refractivity contribution >= 4 is 17.6 Å². The van der Waals surface area contributed by atoms with Gasteiger partial charge >= 0.3 is 0 Å². The molecule has 7 nitrogen and oxygen atoms in total. The first-order valence-corrected chi connectivity index (χ1v) is 9.28. The van der Waals surface area contributed by atoms with Gasteiger partial charge in [0.05, 0.1) is 25.4 Å². The number of para-hydroxylation sites is 1. The van der Waals surface area contributed by atoms with E-state index in [1.807, 2.05) is 35.2 Å². The highest BCUT2D eigenvalue weighted by Gasteiger charge is 2.31. The van der Waals surface area contributed by atoms with Gasteiger partial charge in [-0.15, -0.1) is 0 Å². The Kier molecular flexibility index (Phi) is 6.85. The fourth-order valence-corrected chi connectivity index (χ4v) is 3.28. The number of guanidine groups is 1. The van der Waals surface area contributed by atoms with Crippen molar-refractivity contribution in [2.24, 2.45) is 4.99 Å². The minimum absolute atomic E-state index is 0.0433. The Morgan fingerprint density at radius 2 is 2.23 bits per heavy atom. The van der Waals surface area contributed by atoms with Crippen LogP contribution in [0.3, 0.4) is 0 Å². The molecule has 2 aliphatic heterocycles. The van der Waals surface area contributed by atoms with Gasteiger partial charge < -0.3 is 25.0 Å². The van der Waals surface area contributed by atoms with Crippen LogP contribution >= 0.6 is 0 Å². The molecular weight excluding hydrogens is 332 g/mol. The van der Waals surface area contributed by atoms with Gasteiger partial charge in [-0.1, -0.05) is 18.2 Å². The van der Waals surface area contributed by atoms with Crippen LogP contribution in [-0.4, -0.2) is 64.0 Å². The Morgan fingerprint density at radius 1 is 1.38 bits per heavy atom. The van der Waals surface area contributed by atoms with E-state index in [1.54, 1.807) is 7.05 Å². The first-order chi connectivity index (χ1) is 12.8. The fourth-order valence-electron chi connectivity index (χ4n) is 3.28. The molecule has 2 heterocycles. The van der Waals surface area contributed by atoms with E-state index < -0.39 is 0 Å². The van der Waals surface area contributed by atoms with Crippen LogP contribution in [0.5, 0.6) is 0 Å². The summed E-state index contributed by atoms with van der Waals surface area (Å²) in [7, 11) is 1.73. The maximum absolute atomic E-state index is 12.3. The summed E-state index contributed by atoms with van der Waals surface area (Å²) >= 11 is 0. The monoisotopic (exact) mass is 360 g/mol. The molecule has 1 aromatic carbocycles. The van der Waals surface area contributed by atoms with Gasteiger partial charge in [0.1, 0.15) is 0 Å². The highest BCUT2D eigenvalue weighted by Crippen LogP contribution is 2.20.